The van der Waals surface area contributed by atoms with Gasteiger partial charge in [-0.1, -0.05) is 0 Å². The highest BCUT2D eigenvalue weighted by Gasteiger charge is 1.98. The molecule has 0 saturated carbocycles. The largest absolute Gasteiger partial charge is 0.399 e. The molecule has 2 rings (SSSR count). The fourth-order valence-electron chi connectivity index (χ4n) is 1.03. The fourth-order valence-corrected chi connectivity index (χ4v) is 1.03. The van der Waals surface area contributed by atoms with Gasteiger partial charge in [0.2, 0.25) is 0 Å². The summed E-state index contributed by atoms with van der Waals surface area (Å²) in [5.41, 5.74) is 7.06. The van der Waals surface area contributed by atoms with E-state index in [9.17, 15) is 0 Å². The fraction of sp³-hybridized carbons (Fsp3) is 0.143. The molecule has 0 amide bonds. The lowest BCUT2D eigenvalue weighted by molar-refractivity contribution is 1.01. The molecule has 4 nitrogen and oxygen atoms in total. The normalized spacial score (nSPS) is 10.6. The van der Waals surface area contributed by atoms with Crippen molar-refractivity contribution in [2.45, 2.75) is 6.92 Å². The van der Waals surface area contributed by atoms with Gasteiger partial charge in [0.15, 0.2) is 5.65 Å². The molecule has 2 aromatic rings. The summed E-state index contributed by atoms with van der Waals surface area (Å²) in [5.74, 6) is 0.875. The zero-order valence-corrected chi connectivity index (χ0v) is 6.15. The van der Waals surface area contributed by atoms with Crippen molar-refractivity contribution >= 4 is 11.3 Å². The number of hydrogen-bond donors (Lipinski definition) is 1. The molecule has 4 heteroatoms. The van der Waals surface area contributed by atoms with Crippen molar-refractivity contribution in [3.05, 3.63) is 24.2 Å². The molecular weight excluding hydrogens is 140 g/mol. The summed E-state index contributed by atoms with van der Waals surface area (Å²) in [6, 6.07) is 3.61. The zero-order chi connectivity index (χ0) is 7.84. The summed E-state index contributed by atoms with van der Waals surface area (Å²) in [6.45, 7) is 1.90. The average molecular weight is 148 g/mol. The molecule has 2 N–H and O–H groups in total. The van der Waals surface area contributed by atoms with E-state index in [2.05, 4.69) is 10.2 Å². The van der Waals surface area contributed by atoms with Gasteiger partial charge in [-0.2, -0.15) is 0 Å². The van der Waals surface area contributed by atoms with E-state index in [-0.39, 0.29) is 0 Å². The minimum Gasteiger partial charge on any atom is -0.399 e. The van der Waals surface area contributed by atoms with Gasteiger partial charge in [-0.05, 0) is 13.0 Å². The summed E-state index contributed by atoms with van der Waals surface area (Å²) in [4.78, 5) is 0. The maximum absolute atomic E-state index is 5.55. The number of hydrogen-bond acceptors (Lipinski definition) is 3. The predicted molar refractivity (Wildman–Crippen MR) is 42.1 cm³/mol. The first-order valence-electron chi connectivity index (χ1n) is 3.34. The second-order valence-corrected chi connectivity index (χ2v) is 2.44. The molecule has 11 heavy (non-hydrogen) atoms. The Bertz CT molecular complexity index is 390. The van der Waals surface area contributed by atoms with Crippen LogP contribution >= 0.6 is 0 Å². The van der Waals surface area contributed by atoms with Crippen LogP contribution in [0.4, 0.5) is 5.69 Å². The van der Waals surface area contributed by atoms with Crippen LogP contribution in [0.1, 0.15) is 5.82 Å². The Kier molecular flexibility index (Phi) is 1.09. The van der Waals surface area contributed by atoms with Crippen LogP contribution in [-0.4, -0.2) is 14.6 Å². The van der Waals surface area contributed by atoms with Crippen molar-refractivity contribution in [3.8, 4) is 0 Å². The van der Waals surface area contributed by atoms with Crippen LogP contribution in [0.3, 0.4) is 0 Å². The van der Waals surface area contributed by atoms with Crippen LogP contribution in [0.15, 0.2) is 18.3 Å². The zero-order valence-electron chi connectivity index (χ0n) is 6.15. The van der Waals surface area contributed by atoms with E-state index in [4.69, 9.17) is 5.73 Å². The number of pyridine rings is 1. The highest BCUT2D eigenvalue weighted by molar-refractivity contribution is 5.50. The minimum atomic E-state index is 0.713. The van der Waals surface area contributed by atoms with Gasteiger partial charge in [0, 0.05) is 18.0 Å². The van der Waals surface area contributed by atoms with Gasteiger partial charge in [0.1, 0.15) is 5.82 Å². The van der Waals surface area contributed by atoms with Crippen LogP contribution in [-0.2, 0) is 0 Å². The molecule has 0 aliphatic rings. The van der Waals surface area contributed by atoms with E-state index in [1.807, 2.05) is 23.6 Å². The Morgan fingerprint density at radius 2 is 2.27 bits per heavy atom. The third-order valence-electron chi connectivity index (χ3n) is 1.60. The van der Waals surface area contributed by atoms with E-state index < -0.39 is 0 Å². The molecule has 0 fully saturated rings. The standard InChI is InChI=1S/C7H8N4/c1-5-9-10-7-4-6(8)2-3-11(5)7/h2-4H,8H2,1H3. The summed E-state index contributed by atoms with van der Waals surface area (Å²) in [6.07, 6.45) is 1.86. The lowest BCUT2D eigenvalue weighted by Gasteiger charge is -1.94. The van der Waals surface area contributed by atoms with Gasteiger partial charge in [-0.15, -0.1) is 10.2 Å². The SMILES string of the molecule is Cc1nnc2cc(N)ccn12. The van der Waals surface area contributed by atoms with Crippen LogP contribution in [0, 0.1) is 6.92 Å². The Morgan fingerprint density at radius 3 is 3.09 bits per heavy atom. The van der Waals surface area contributed by atoms with E-state index in [1.54, 1.807) is 6.07 Å². The summed E-state index contributed by atoms with van der Waals surface area (Å²) in [5, 5.41) is 7.81. The van der Waals surface area contributed by atoms with E-state index >= 15 is 0 Å². The van der Waals surface area contributed by atoms with Crippen molar-refractivity contribution < 1.29 is 0 Å². The van der Waals surface area contributed by atoms with Crippen LogP contribution in [0.25, 0.3) is 5.65 Å². The number of aromatic nitrogens is 3. The van der Waals surface area contributed by atoms with E-state index in [0.29, 0.717) is 5.69 Å². The number of aryl methyl sites for hydroxylation is 1. The van der Waals surface area contributed by atoms with Crippen molar-refractivity contribution in [1.29, 1.82) is 0 Å². The molecule has 56 valence electrons. The molecule has 0 radical (unpaired) electrons. The molecule has 0 aliphatic heterocycles. The second-order valence-electron chi connectivity index (χ2n) is 2.44. The third-order valence-corrected chi connectivity index (χ3v) is 1.60. The van der Waals surface area contributed by atoms with Gasteiger partial charge in [-0.3, -0.25) is 4.40 Å². The van der Waals surface area contributed by atoms with Gasteiger partial charge >= 0.3 is 0 Å². The highest BCUT2D eigenvalue weighted by Crippen LogP contribution is 2.06. The van der Waals surface area contributed by atoms with Gasteiger partial charge < -0.3 is 5.73 Å². The minimum absolute atomic E-state index is 0.713. The molecule has 0 aliphatic carbocycles. The average Bonchev–Trinajstić information content (AvgIpc) is 2.32. The number of nitrogens with two attached hydrogens (primary N) is 1. The lowest BCUT2D eigenvalue weighted by Crippen LogP contribution is -1.90. The maximum Gasteiger partial charge on any atom is 0.162 e. The maximum atomic E-state index is 5.55. The van der Waals surface area contributed by atoms with Gasteiger partial charge in [-0.25, -0.2) is 0 Å². The Balaban J connectivity index is 2.86. The van der Waals surface area contributed by atoms with Crippen LogP contribution in [0.2, 0.25) is 0 Å². The Hall–Kier alpha value is -1.58. The van der Waals surface area contributed by atoms with Crippen LogP contribution < -0.4 is 5.73 Å². The highest BCUT2D eigenvalue weighted by atomic mass is 15.2. The van der Waals surface area contributed by atoms with Gasteiger partial charge in [0.25, 0.3) is 0 Å². The topological polar surface area (TPSA) is 56.2 Å². The second kappa shape index (κ2) is 1.95. The van der Waals surface area contributed by atoms with Gasteiger partial charge in [0.05, 0.1) is 0 Å². The third kappa shape index (κ3) is 0.832. The van der Waals surface area contributed by atoms with Crippen molar-refractivity contribution in [3.63, 3.8) is 0 Å². The Morgan fingerprint density at radius 1 is 1.45 bits per heavy atom. The molecule has 0 atom stereocenters. The van der Waals surface area contributed by atoms with E-state index in [0.717, 1.165) is 11.5 Å². The lowest BCUT2D eigenvalue weighted by atomic mass is 10.4. The van der Waals surface area contributed by atoms with Crippen molar-refractivity contribution in [2.24, 2.45) is 0 Å². The molecule has 0 unspecified atom stereocenters. The number of rotatable bonds is 0. The molecule has 0 bridgehead atoms. The first-order chi connectivity index (χ1) is 5.27. The molecule has 0 aromatic carbocycles. The van der Waals surface area contributed by atoms with Crippen molar-refractivity contribution in [1.82, 2.24) is 14.6 Å². The molecular formula is C7H8N4. The summed E-state index contributed by atoms with van der Waals surface area (Å²) in [7, 11) is 0. The molecule has 0 saturated heterocycles. The van der Waals surface area contributed by atoms with E-state index in [1.165, 1.54) is 0 Å². The first kappa shape index (κ1) is 6.15. The van der Waals surface area contributed by atoms with Crippen molar-refractivity contribution in [2.75, 3.05) is 5.73 Å². The predicted octanol–water partition coefficient (Wildman–Crippen LogP) is 0.620. The Labute approximate surface area is 63.7 Å². The number of nitrogens with zero attached hydrogens (tertiary/aromatic N) is 3. The number of nitrogen functional groups attached to an aromatic ring is 1. The van der Waals surface area contributed by atoms with Crippen LogP contribution in [0.5, 0.6) is 0 Å². The molecule has 2 aromatic heterocycles. The quantitative estimate of drug-likeness (QED) is 0.595. The first-order valence-corrected chi connectivity index (χ1v) is 3.34. The molecule has 0 spiro atoms. The monoisotopic (exact) mass is 148 g/mol. The summed E-state index contributed by atoms with van der Waals surface area (Å²) >= 11 is 0. The number of anilines is 1. The number of fused-ring (bicyclic) bond motifs is 1. The smallest absolute Gasteiger partial charge is 0.162 e. The molecule has 2 heterocycles. The summed E-state index contributed by atoms with van der Waals surface area (Å²) < 4.78 is 1.89.